The SMILES string of the molecule is COC(=O)C1=C2CCC3=C2[C@]2(C1)C(=O)[C@H]1C[C@@H]4N(C[C@H](CC3)[C@@]42C)C[C@@H]1C. The van der Waals surface area contributed by atoms with E-state index in [2.05, 4.69) is 18.7 Å². The molecule has 2 bridgehead atoms. The fourth-order valence-corrected chi connectivity index (χ4v) is 8.44. The van der Waals surface area contributed by atoms with E-state index >= 15 is 0 Å². The lowest BCUT2D eigenvalue weighted by atomic mass is 9.45. The summed E-state index contributed by atoms with van der Waals surface area (Å²) in [4.78, 5) is 29.6. The molecule has 0 aromatic carbocycles. The minimum Gasteiger partial charge on any atom is -0.466 e. The number of ether oxygens (including phenoxy) is 1. The molecular weight excluding hydrogens is 338 g/mol. The number of carbonyl (C=O) groups is 2. The van der Waals surface area contributed by atoms with Crippen molar-refractivity contribution >= 4 is 11.8 Å². The first-order valence-corrected chi connectivity index (χ1v) is 10.7. The molecule has 0 aromatic rings. The zero-order valence-electron chi connectivity index (χ0n) is 16.6. The number of allylic oxidation sites excluding steroid dienone is 3. The summed E-state index contributed by atoms with van der Waals surface area (Å²) < 4.78 is 5.18. The minimum absolute atomic E-state index is 0.0385. The maximum absolute atomic E-state index is 14.3. The Morgan fingerprint density at radius 1 is 1.22 bits per heavy atom. The van der Waals surface area contributed by atoms with Gasteiger partial charge in [-0.25, -0.2) is 4.79 Å². The monoisotopic (exact) mass is 367 g/mol. The van der Waals surface area contributed by atoms with Gasteiger partial charge in [0.1, 0.15) is 5.78 Å². The molecule has 1 saturated carbocycles. The molecule has 2 saturated heterocycles. The standard InChI is InChI=1S/C23H29NO3/c1-12-10-24-11-14-6-4-13-5-7-15-17(21(26)27-3)9-23(19(13)15)20(25)16(12)8-18(24)22(14,23)2/h12,14,16,18H,4-11H2,1-3H3/t12-,14-,16-,18-,22-,23+/m0/s1. The number of hydrogen-bond donors (Lipinski definition) is 0. The van der Waals surface area contributed by atoms with Crippen molar-refractivity contribution < 1.29 is 14.3 Å². The molecule has 0 radical (unpaired) electrons. The molecule has 3 fully saturated rings. The number of nitrogens with zero attached hydrogens (tertiary/aromatic N) is 1. The number of rotatable bonds is 1. The van der Waals surface area contributed by atoms with Gasteiger partial charge in [-0.1, -0.05) is 19.4 Å². The number of Topliss-reactive ketones (excluding diaryl/α,β-unsaturated/α-hetero) is 1. The zero-order chi connectivity index (χ0) is 18.7. The highest BCUT2D eigenvalue weighted by atomic mass is 16.5. The van der Waals surface area contributed by atoms with E-state index in [1.807, 2.05) is 0 Å². The third-order valence-corrected chi connectivity index (χ3v) is 9.59. The Bertz CT molecular complexity index is 854. The predicted octanol–water partition coefficient (Wildman–Crippen LogP) is 3.28. The third kappa shape index (κ3) is 1.60. The average Bonchev–Trinajstić information content (AvgIpc) is 3.27. The van der Waals surface area contributed by atoms with Crippen LogP contribution in [0.5, 0.6) is 0 Å². The Morgan fingerprint density at radius 3 is 2.81 bits per heavy atom. The van der Waals surface area contributed by atoms with Gasteiger partial charge in [0, 0.05) is 36.0 Å². The molecule has 144 valence electrons. The summed E-state index contributed by atoms with van der Waals surface area (Å²) in [5.41, 5.74) is 4.33. The Morgan fingerprint density at radius 2 is 2.04 bits per heavy atom. The van der Waals surface area contributed by atoms with Gasteiger partial charge in [0.2, 0.25) is 0 Å². The largest absolute Gasteiger partial charge is 0.466 e. The first kappa shape index (κ1) is 16.5. The summed E-state index contributed by atoms with van der Waals surface area (Å²) in [6.07, 6.45) is 5.92. The van der Waals surface area contributed by atoms with E-state index in [0.717, 1.165) is 44.3 Å². The van der Waals surface area contributed by atoms with Gasteiger partial charge in [-0.3, -0.25) is 9.69 Å². The summed E-state index contributed by atoms with van der Waals surface area (Å²) >= 11 is 0. The molecule has 6 rings (SSSR count). The summed E-state index contributed by atoms with van der Waals surface area (Å²) in [6.45, 7) is 6.89. The lowest BCUT2D eigenvalue weighted by molar-refractivity contribution is -0.156. The van der Waals surface area contributed by atoms with Gasteiger partial charge < -0.3 is 4.74 Å². The Kier molecular flexibility index (Phi) is 3.03. The number of methoxy groups -OCH3 is 1. The number of ketones is 1. The number of carbonyl (C=O) groups excluding carboxylic acids is 2. The second-order valence-corrected chi connectivity index (χ2v) is 10.2. The molecule has 4 aliphatic carbocycles. The van der Waals surface area contributed by atoms with Gasteiger partial charge in [0.05, 0.1) is 12.5 Å². The van der Waals surface area contributed by atoms with Crippen molar-refractivity contribution in [1.82, 2.24) is 4.90 Å². The summed E-state index contributed by atoms with van der Waals surface area (Å²) in [7, 11) is 1.48. The highest BCUT2D eigenvalue weighted by molar-refractivity contribution is 6.01. The molecular formula is C23H29NO3. The van der Waals surface area contributed by atoms with Gasteiger partial charge in [0.15, 0.2) is 0 Å². The maximum Gasteiger partial charge on any atom is 0.334 e. The van der Waals surface area contributed by atoms with Crippen LogP contribution in [0, 0.1) is 28.6 Å². The summed E-state index contributed by atoms with van der Waals surface area (Å²) in [5, 5.41) is 0. The number of hydrogen-bond acceptors (Lipinski definition) is 4. The van der Waals surface area contributed by atoms with E-state index in [0.29, 0.717) is 30.1 Å². The van der Waals surface area contributed by atoms with E-state index in [1.165, 1.54) is 30.2 Å². The first-order valence-electron chi connectivity index (χ1n) is 10.7. The number of piperidine rings is 1. The molecule has 2 aliphatic heterocycles. The van der Waals surface area contributed by atoms with Crippen molar-refractivity contribution in [3.8, 4) is 0 Å². The Labute approximate surface area is 161 Å². The van der Waals surface area contributed by atoms with Gasteiger partial charge >= 0.3 is 5.97 Å². The maximum atomic E-state index is 14.3. The van der Waals surface area contributed by atoms with Gasteiger partial charge in [-0.05, 0) is 61.5 Å². The third-order valence-electron chi connectivity index (χ3n) is 9.59. The van der Waals surface area contributed by atoms with E-state index in [9.17, 15) is 9.59 Å². The van der Waals surface area contributed by atoms with Gasteiger partial charge in [-0.2, -0.15) is 0 Å². The van der Waals surface area contributed by atoms with Crippen LogP contribution in [0.15, 0.2) is 22.3 Å². The zero-order valence-corrected chi connectivity index (χ0v) is 16.6. The smallest absolute Gasteiger partial charge is 0.334 e. The molecule has 4 nitrogen and oxygen atoms in total. The van der Waals surface area contributed by atoms with Crippen molar-refractivity contribution in [2.24, 2.45) is 28.6 Å². The van der Waals surface area contributed by atoms with Crippen LogP contribution in [0.25, 0.3) is 0 Å². The summed E-state index contributed by atoms with van der Waals surface area (Å²) in [6, 6.07) is 0.493. The molecule has 27 heavy (non-hydrogen) atoms. The van der Waals surface area contributed by atoms with Gasteiger partial charge in [0.25, 0.3) is 0 Å². The fourth-order valence-electron chi connectivity index (χ4n) is 8.44. The lowest BCUT2D eigenvalue weighted by Gasteiger charge is -2.59. The van der Waals surface area contributed by atoms with Crippen LogP contribution in [-0.2, 0) is 14.3 Å². The molecule has 0 amide bonds. The molecule has 2 heterocycles. The van der Waals surface area contributed by atoms with E-state index < -0.39 is 5.41 Å². The van der Waals surface area contributed by atoms with Crippen LogP contribution in [0.2, 0.25) is 0 Å². The molecule has 6 aliphatic rings. The predicted molar refractivity (Wildman–Crippen MR) is 101 cm³/mol. The second kappa shape index (κ2) is 4.94. The van der Waals surface area contributed by atoms with Crippen molar-refractivity contribution in [3.05, 3.63) is 22.3 Å². The van der Waals surface area contributed by atoms with Crippen LogP contribution < -0.4 is 0 Å². The van der Waals surface area contributed by atoms with E-state index in [1.54, 1.807) is 0 Å². The molecule has 6 atom stereocenters. The summed E-state index contributed by atoms with van der Waals surface area (Å²) in [5.74, 6) is 1.40. The Hall–Kier alpha value is -1.42. The van der Waals surface area contributed by atoms with E-state index in [4.69, 9.17) is 4.74 Å². The molecule has 0 unspecified atom stereocenters. The van der Waals surface area contributed by atoms with Crippen molar-refractivity contribution in [1.29, 1.82) is 0 Å². The number of fused-ring (bicyclic) bond motifs is 1. The van der Waals surface area contributed by atoms with Crippen LogP contribution in [0.3, 0.4) is 0 Å². The highest BCUT2D eigenvalue weighted by Crippen LogP contribution is 2.73. The van der Waals surface area contributed by atoms with Crippen molar-refractivity contribution in [3.63, 3.8) is 0 Å². The quantitative estimate of drug-likeness (QED) is 0.668. The molecule has 4 heteroatoms. The van der Waals surface area contributed by atoms with Crippen LogP contribution in [0.4, 0.5) is 0 Å². The van der Waals surface area contributed by atoms with Crippen LogP contribution in [-0.4, -0.2) is 42.9 Å². The molecule has 1 spiro atoms. The second-order valence-electron chi connectivity index (χ2n) is 10.2. The van der Waals surface area contributed by atoms with Crippen molar-refractivity contribution in [2.75, 3.05) is 20.2 Å². The number of esters is 1. The van der Waals surface area contributed by atoms with Gasteiger partial charge in [-0.15, -0.1) is 0 Å². The Balaban J connectivity index is 1.64. The average molecular weight is 367 g/mol. The van der Waals surface area contributed by atoms with E-state index in [-0.39, 0.29) is 17.3 Å². The van der Waals surface area contributed by atoms with Crippen molar-refractivity contribution in [2.45, 2.75) is 58.4 Å². The molecule has 0 aromatic heterocycles. The van der Waals surface area contributed by atoms with Crippen LogP contribution >= 0.6 is 0 Å². The first-order chi connectivity index (χ1) is 12.9. The fraction of sp³-hybridized carbons (Fsp3) is 0.739. The topological polar surface area (TPSA) is 46.6 Å². The minimum atomic E-state index is -0.462. The molecule has 0 N–H and O–H groups in total. The van der Waals surface area contributed by atoms with Crippen LogP contribution in [0.1, 0.15) is 52.4 Å². The highest BCUT2D eigenvalue weighted by Gasteiger charge is 2.74. The normalized spacial score (nSPS) is 47.4. The lowest BCUT2D eigenvalue weighted by Crippen LogP contribution is -2.65.